The number of nitrogens with one attached hydrogen (secondary N) is 2. The maximum absolute atomic E-state index is 11.4. The highest BCUT2D eigenvalue weighted by Gasteiger charge is 2.36. The molecule has 1 saturated heterocycles. The van der Waals surface area contributed by atoms with Crippen LogP contribution in [-0.2, 0) is 14.8 Å². The van der Waals surface area contributed by atoms with Crippen molar-refractivity contribution < 1.29 is 17.9 Å². The van der Waals surface area contributed by atoms with Gasteiger partial charge in [0.2, 0.25) is 10.0 Å². The van der Waals surface area contributed by atoms with E-state index in [-0.39, 0.29) is 17.9 Å². The van der Waals surface area contributed by atoms with Crippen molar-refractivity contribution in [3.8, 4) is 0 Å². The van der Waals surface area contributed by atoms with Crippen molar-refractivity contribution in [2.24, 2.45) is 0 Å². The molecular weight excluding hydrogens is 208 g/mol. The van der Waals surface area contributed by atoms with Crippen LogP contribution in [0.1, 0.15) is 12.8 Å². The molecular formula is C7H12N2O4S. The Morgan fingerprint density at radius 1 is 1.50 bits per heavy atom. The normalized spacial score (nSPS) is 27.1. The number of hydrogen-bond acceptors (Lipinski definition) is 4. The zero-order valence-corrected chi connectivity index (χ0v) is 8.34. The topological polar surface area (TPSA) is 84.5 Å². The molecule has 1 saturated carbocycles. The predicted molar refractivity (Wildman–Crippen MR) is 48.2 cm³/mol. The molecule has 0 bridgehead atoms. The number of hydrogen-bond donors (Lipinski definition) is 2. The summed E-state index contributed by atoms with van der Waals surface area (Å²) in [4.78, 5) is 10.6. The highest BCUT2D eigenvalue weighted by molar-refractivity contribution is 7.90. The second kappa shape index (κ2) is 3.39. The first-order valence-electron chi connectivity index (χ1n) is 4.51. The van der Waals surface area contributed by atoms with Gasteiger partial charge < -0.3 is 10.1 Å². The average molecular weight is 220 g/mol. The molecule has 2 rings (SSSR count). The fraction of sp³-hybridized carbons (Fsp3) is 0.857. The molecule has 14 heavy (non-hydrogen) atoms. The van der Waals surface area contributed by atoms with Gasteiger partial charge in [-0.3, -0.25) is 0 Å². The van der Waals surface area contributed by atoms with Crippen molar-refractivity contribution in [1.82, 2.24) is 10.0 Å². The molecule has 2 aliphatic rings. The van der Waals surface area contributed by atoms with Crippen LogP contribution in [0.2, 0.25) is 0 Å². The maximum Gasteiger partial charge on any atom is 0.407 e. The standard InChI is InChI=1S/C7H12N2O4S/c10-7-8-3-5(13-7)4-9-14(11,12)6-1-2-6/h5-6,9H,1-4H2,(H,8,10)/t5-/m1/s1. The van der Waals surface area contributed by atoms with Gasteiger partial charge in [0.05, 0.1) is 11.8 Å². The number of sulfonamides is 1. The lowest BCUT2D eigenvalue weighted by atomic mass is 10.4. The minimum atomic E-state index is -3.16. The van der Waals surface area contributed by atoms with Gasteiger partial charge in [-0.05, 0) is 12.8 Å². The largest absolute Gasteiger partial charge is 0.443 e. The molecule has 0 unspecified atom stereocenters. The Balaban J connectivity index is 1.79. The van der Waals surface area contributed by atoms with Crippen LogP contribution < -0.4 is 10.0 Å². The molecule has 6 nitrogen and oxygen atoms in total. The van der Waals surface area contributed by atoms with E-state index in [4.69, 9.17) is 4.74 Å². The highest BCUT2D eigenvalue weighted by atomic mass is 32.2. The molecule has 1 amide bonds. The molecule has 0 radical (unpaired) electrons. The van der Waals surface area contributed by atoms with E-state index in [0.29, 0.717) is 6.54 Å². The lowest BCUT2D eigenvalue weighted by Crippen LogP contribution is -2.35. The molecule has 7 heteroatoms. The van der Waals surface area contributed by atoms with Crippen molar-refractivity contribution in [1.29, 1.82) is 0 Å². The molecule has 0 aromatic carbocycles. The molecule has 2 fully saturated rings. The van der Waals surface area contributed by atoms with E-state index in [1.54, 1.807) is 0 Å². The SMILES string of the molecule is O=C1NC[C@H](CNS(=O)(=O)C2CC2)O1. The average Bonchev–Trinajstić information content (AvgIpc) is 2.89. The van der Waals surface area contributed by atoms with Crippen LogP contribution in [0.5, 0.6) is 0 Å². The molecule has 1 aliphatic heterocycles. The minimum Gasteiger partial charge on any atom is -0.443 e. The number of carbonyl (C=O) groups is 1. The Hall–Kier alpha value is -0.820. The smallest absolute Gasteiger partial charge is 0.407 e. The van der Waals surface area contributed by atoms with Crippen molar-refractivity contribution >= 4 is 16.1 Å². The van der Waals surface area contributed by atoms with Crippen molar-refractivity contribution in [3.63, 3.8) is 0 Å². The molecule has 2 N–H and O–H groups in total. The summed E-state index contributed by atoms with van der Waals surface area (Å²) in [6, 6.07) is 0. The molecule has 0 aromatic heterocycles. The molecule has 1 aliphatic carbocycles. The minimum absolute atomic E-state index is 0.164. The van der Waals surface area contributed by atoms with Gasteiger partial charge in [0, 0.05) is 6.54 Å². The monoisotopic (exact) mass is 220 g/mol. The number of alkyl carbamates (subject to hydrolysis) is 1. The Bertz CT molecular complexity index is 336. The first kappa shape index (κ1) is 9.72. The van der Waals surface area contributed by atoms with E-state index in [9.17, 15) is 13.2 Å². The van der Waals surface area contributed by atoms with E-state index in [0.717, 1.165) is 12.8 Å². The van der Waals surface area contributed by atoms with E-state index in [1.165, 1.54) is 0 Å². The number of cyclic esters (lactones) is 1. The van der Waals surface area contributed by atoms with Crippen molar-refractivity contribution in [2.45, 2.75) is 24.2 Å². The second-order valence-electron chi connectivity index (χ2n) is 3.50. The summed E-state index contributed by atoms with van der Waals surface area (Å²) >= 11 is 0. The Morgan fingerprint density at radius 3 is 2.71 bits per heavy atom. The van der Waals surface area contributed by atoms with Crippen LogP contribution in [0.4, 0.5) is 4.79 Å². The lowest BCUT2D eigenvalue weighted by molar-refractivity contribution is 0.142. The van der Waals surface area contributed by atoms with Gasteiger partial charge in [0.15, 0.2) is 0 Å². The van der Waals surface area contributed by atoms with Crippen LogP contribution in [0.15, 0.2) is 0 Å². The Morgan fingerprint density at radius 2 is 2.21 bits per heavy atom. The van der Waals surface area contributed by atoms with E-state index < -0.39 is 16.1 Å². The van der Waals surface area contributed by atoms with E-state index >= 15 is 0 Å². The number of amides is 1. The summed E-state index contributed by atoms with van der Waals surface area (Å²) < 4.78 is 29.9. The third kappa shape index (κ3) is 2.16. The van der Waals surface area contributed by atoms with Crippen LogP contribution in [0, 0.1) is 0 Å². The van der Waals surface area contributed by atoms with Crippen LogP contribution in [0.3, 0.4) is 0 Å². The molecule has 0 aromatic rings. The summed E-state index contributed by atoms with van der Waals surface area (Å²) in [5.41, 5.74) is 0. The molecule has 1 heterocycles. The Labute approximate surface area is 82.1 Å². The predicted octanol–water partition coefficient (Wildman–Crippen LogP) is -0.823. The fourth-order valence-electron chi connectivity index (χ4n) is 1.25. The van der Waals surface area contributed by atoms with E-state index in [2.05, 4.69) is 10.0 Å². The van der Waals surface area contributed by atoms with Crippen LogP contribution in [0.25, 0.3) is 0 Å². The molecule has 0 spiro atoms. The van der Waals surface area contributed by atoms with Gasteiger partial charge in [0.1, 0.15) is 6.10 Å². The quantitative estimate of drug-likeness (QED) is 0.648. The molecule has 80 valence electrons. The van der Waals surface area contributed by atoms with Crippen LogP contribution in [-0.4, -0.2) is 39.0 Å². The summed E-state index contributed by atoms with van der Waals surface area (Å²) in [5, 5.41) is 2.23. The van der Waals surface area contributed by atoms with Crippen LogP contribution >= 0.6 is 0 Å². The zero-order chi connectivity index (χ0) is 10.2. The maximum atomic E-state index is 11.4. The summed E-state index contributed by atoms with van der Waals surface area (Å²) in [6.45, 7) is 0.531. The summed E-state index contributed by atoms with van der Waals surface area (Å²) in [6.07, 6.45) is 0.604. The van der Waals surface area contributed by atoms with Gasteiger partial charge in [-0.1, -0.05) is 0 Å². The first-order valence-corrected chi connectivity index (χ1v) is 6.05. The van der Waals surface area contributed by atoms with Gasteiger partial charge in [-0.15, -0.1) is 0 Å². The first-order chi connectivity index (χ1) is 6.58. The van der Waals surface area contributed by atoms with Gasteiger partial charge in [-0.2, -0.15) is 0 Å². The second-order valence-corrected chi connectivity index (χ2v) is 5.55. The van der Waals surface area contributed by atoms with Crippen molar-refractivity contribution in [2.75, 3.05) is 13.1 Å². The Kier molecular flexibility index (Phi) is 2.36. The summed E-state index contributed by atoms with van der Waals surface area (Å²) in [7, 11) is -3.16. The summed E-state index contributed by atoms with van der Waals surface area (Å²) in [5.74, 6) is 0. The third-order valence-corrected chi connectivity index (χ3v) is 4.14. The van der Waals surface area contributed by atoms with E-state index in [1.807, 2.05) is 0 Å². The zero-order valence-electron chi connectivity index (χ0n) is 7.52. The molecule has 1 atom stereocenters. The van der Waals surface area contributed by atoms with Gasteiger partial charge >= 0.3 is 6.09 Å². The highest BCUT2D eigenvalue weighted by Crippen LogP contribution is 2.27. The van der Waals surface area contributed by atoms with Gasteiger partial charge in [0.25, 0.3) is 0 Å². The third-order valence-electron chi connectivity index (χ3n) is 2.22. The van der Waals surface area contributed by atoms with Gasteiger partial charge in [-0.25, -0.2) is 17.9 Å². The van der Waals surface area contributed by atoms with Crippen molar-refractivity contribution in [3.05, 3.63) is 0 Å². The number of ether oxygens (including phenoxy) is 1. The number of rotatable bonds is 4. The lowest BCUT2D eigenvalue weighted by Gasteiger charge is -2.09. The number of carbonyl (C=O) groups excluding carboxylic acids is 1. The fourth-order valence-corrected chi connectivity index (χ4v) is 2.66.